The molecule has 4 rings (SSSR count). The third-order valence-electron chi connectivity index (χ3n) is 10.2. The van der Waals surface area contributed by atoms with Crippen molar-refractivity contribution >= 4 is 5.97 Å². The van der Waals surface area contributed by atoms with Gasteiger partial charge >= 0.3 is 5.97 Å². The highest BCUT2D eigenvalue weighted by Gasteiger charge is 2.62. The van der Waals surface area contributed by atoms with Gasteiger partial charge in [0, 0.05) is 13.0 Å². The highest BCUT2D eigenvalue weighted by atomic mass is 16.6. The van der Waals surface area contributed by atoms with Crippen LogP contribution >= 0.6 is 0 Å². The van der Waals surface area contributed by atoms with Crippen LogP contribution in [-0.2, 0) is 9.53 Å². The summed E-state index contributed by atoms with van der Waals surface area (Å²) in [6, 6.07) is 0. The molecule has 1 saturated heterocycles. The maximum Gasteiger partial charge on any atom is 0.306 e. The van der Waals surface area contributed by atoms with Crippen molar-refractivity contribution in [3.05, 3.63) is 0 Å². The van der Waals surface area contributed by atoms with Gasteiger partial charge < -0.3 is 14.7 Å². The Hall–Kier alpha value is -0.610. The van der Waals surface area contributed by atoms with Crippen molar-refractivity contribution < 1.29 is 14.6 Å². The van der Waals surface area contributed by atoms with E-state index >= 15 is 0 Å². The van der Waals surface area contributed by atoms with Crippen LogP contribution in [0.25, 0.3) is 0 Å². The van der Waals surface area contributed by atoms with E-state index in [2.05, 4.69) is 25.8 Å². The van der Waals surface area contributed by atoms with Gasteiger partial charge in [0.1, 0.15) is 5.60 Å². The summed E-state index contributed by atoms with van der Waals surface area (Å²) >= 11 is 0. The van der Waals surface area contributed by atoms with Crippen LogP contribution in [-0.4, -0.2) is 47.8 Å². The quantitative estimate of drug-likeness (QED) is 0.613. The van der Waals surface area contributed by atoms with Crippen LogP contribution in [0, 0.1) is 40.4 Å². The number of hydrogen-bond donors (Lipinski definition) is 1. The Morgan fingerprint density at radius 2 is 1.81 bits per heavy atom. The van der Waals surface area contributed by atoms with Gasteiger partial charge in [-0.3, -0.25) is 4.79 Å². The number of carbonyl (C=O) groups is 1. The largest absolute Gasteiger partial charge is 0.460 e. The molecule has 4 aliphatic rings. The highest BCUT2D eigenvalue weighted by Crippen LogP contribution is 2.67. The summed E-state index contributed by atoms with van der Waals surface area (Å²) < 4.78 is 5.51. The van der Waals surface area contributed by atoms with E-state index < -0.39 is 0 Å². The second kappa shape index (κ2) is 8.31. The standard InChI is InChI=1S/C27H47NO3/c1-25(2,3)31-23(30)9-7-8-18-10-11-20-24-21(12-13-26(18,20)4)27(5)14-15-28(6)17-19(27)16-22(24)29/h18-22,24,29H,7-17H2,1-6H3/t18?,19?,20?,21?,22-,24?,26?,27?/m0/s1. The first kappa shape index (κ1) is 23.5. The van der Waals surface area contributed by atoms with Crippen LogP contribution in [0.1, 0.15) is 92.4 Å². The van der Waals surface area contributed by atoms with Crippen molar-refractivity contribution in [1.82, 2.24) is 4.90 Å². The van der Waals surface area contributed by atoms with E-state index in [1.165, 1.54) is 38.6 Å². The Balaban J connectivity index is 1.42. The Bertz CT molecular complexity index is 672. The van der Waals surface area contributed by atoms with Gasteiger partial charge in [0.15, 0.2) is 0 Å². The summed E-state index contributed by atoms with van der Waals surface area (Å²) in [4.78, 5) is 14.6. The number of fused-ring (bicyclic) bond motifs is 5. The molecule has 4 nitrogen and oxygen atoms in total. The lowest BCUT2D eigenvalue weighted by Gasteiger charge is -2.62. The zero-order valence-corrected chi connectivity index (χ0v) is 21.0. The predicted octanol–water partition coefficient (Wildman–Crippen LogP) is 5.28. The third kappa shape index (κ3) is 4.33. The monoisotopic (exact) mass is 433 g/mol. The van der Waals surface area contributed by atoms with Gasteiger partial charge in [-0.05, 0) is 126 Å². The van der Waals surface area contributed by atoms with E-state index in [-0.39, 0.29) is 17.7 Å². The van der Waals surface area contributed by atoms with Gasteiger partial charge in [0.25, 0.3) is 0 Å². The number of hydrogen-bond acceptors (Lipinski definition) is 4. The lowest BCUT2D eigenvalue weighted by molar-refractivity contribution is -0.168. The minimum atomic E-state index is -0.390. The van der Waals surface area contributed by atoms with Crippen molar-refractivity contribution in [3.8, 4) is 0 Å². The molecule has 4 heteroatoms. The average molecular weight is 434 g/mol. The molecular formula is C27H47NO3. The second-order valence-electron chi connectivity index (χ2n) is 13.1. The molecule has 0 aromatic heterocycles. The molecule has 0 bridgehead atoms. The van der Waals surface area contributed by atoms with Crippen LogP contribution in [0.15, 0.2) is 0 Å². The van der Waals surface area contributed by atoms with Crippen LogP contribution < -0.4 is 0 Å². The molecule has 4 fully saturated rings. The predicted molar refractivity (Wildman–Crippen MR) is 125 cm³/mol. The smallest absolute Gasteiger partial charge is 0.306 e. The lowest BCUT2D eigenvalue weighted by Crippen LogP contribution is -2.60. The zero-order valence-electron chi connectivity index (χ0n) is 21.0. The van der Waals surface area contributed by atoms with E-state index in [1.807, 2.05) is 20.8 Å². The van der Waals surface area contributed by atoms with E-state index in [9.17, 15) is 9.90 Å². The molecule has 0 aromatic rings. The number of ether oxygens (including phenoxy) is 1. The van der Waals surface area contributed by atoms with Gasteiger partial charge in [-0.15, -0.1) is 0 Å². The molecule has 7 unspecified atom stereocenters. The zero-order chi connectivity index (χ0) is 22.6. The number of piperidine rings is 1. The summed E-state index contributed by atoms with van der Waals surface area (Å²) in [5.74, 6) is 3.12. The van der Waals surface area contributed by atoms with Crippen LogP contribution in [0.2, 0.25) is 0 Å². The van der Waals surface area contributed by atoms with Gasteiger partial charge in [-0.2, -0.15) is 0 Å². The number of aliphatic hydroxyl groups is 1. The molecule has 178 valence electrons. The van der Waals surface area contributed by atoms with Crippen molar-refractivity contribution in [2.45, 2.75) is 104 Å². The molecule has 3 aliphatic carbocycles. The molecule has 1 N–H and O–H groups in total. The van der Waals surface area contributed by atoms with Crippen molar-refractivity contribution in [3.63, 3.8) is 0 Å². The minimum Gasteiger partial charge on any atom is -0.460 e. The molecule has 3 saturated carbocycles. The van der Waals surface area contributed by atoms with E-state index in [1.54, 1.807) is 0 Å². The third-order valence-corrected chi connectivity index (χ3v) is 10.2. The van der Waals surface area contributed by atoms with Gasteiger partial charge in [-0.1, -0.05) is 13.8 Å². The summed E-state index contributed by atoms with van der Waals surface area (Å²) in [5.41, 5.74) is 0.357. The maximum absolute atomic E-state index is 12.2. The van der Waals surface area contributed by atoms with Gasteiger partial charge in [0.05, 0.1) is 6.10 Å². The summed E-state index contributed by atoms with van der Waals surface area (Å²) in [7, 11) is 2.24. The Morgan fingerprint density at radius 1 is 1.10 bits per heavy atom. The lowest BCUT2D eigenvalue weighted by atomic mass is 9.45. The van der Waals surface area contributed by atoms with Gasteiger partial charge in [0.2, 0.25) is 0 Å². The molecule has 0 amide bonds. The highest BCUT2D eigenvalue weighted by molar-refractivity contribution is 5.69. The topological polar surface area (TPSA) is 49.8 Å². The molecule has 0 spiro atoms. The fourth-order valence-electron chi connectivity index (χ4n) is 8.56. The van der Waals surface area contributed by atoms with Crippen molar-refractivity contribution in [1.29, 1.82) is 0 Å². The Morgan fingerprint density at radius 3 is 2.52 bits per heavy atom. The Labute approximate surface area is 190 Å². The summed E-state index contributed by atoms with van der Waals surface area (Å²) in [6.07, 6.45) is 9.91. The van der Waals surface area contributed by atoms with Crippen molar-refractivity contribution in [2.24, 2.45) is 40.4 Å². The van der Waals surface area contributed by atoms with Crippen LogP contribution in [0.5, 0.6) is 0 Å². The molecule has 31 heavy (non-hydrogen) atoms. The number of rotatable bonds is 4. The number of nitrogens with zero attached hydrogens (tertiary/aromatic N) is 1. The molecule has 0 radical (unpaired) electrons. The van der Waals surface area contributed by atoms with Crippen LogP contribution in [0.4, 0.5) is 0 Å². The van der Waals surface area contributed by atoms with E-state index in [0.29, 0.717) is 46.8 Å². The van der Waals surface area contributed by atoms with E-state index in [0.717, 1.165) is 25.8 Å². The summed E-state index contributed by atoms with van der Waals surface area (Å²) in [6.45, 7) is 13.3. The van der Waals surface area contributed by atoms with Crippen molar-refractivity contribution in [2.75, 3.05) is 20.1 Å². The fourth-order valence-corrected chi connectivity index (χ4v) is 8.56. The maximum atomic E-state index is 12.2. The number of esters is 1. The fraction of sp³-hybridized carbons (Fsp3) is 0.963. The SMILES string of the molecule is CN1CCC2(C)C(C[C@H](O)C3C4CCC(CCCC(=O)OC(C)(C)C)C4(C)CCC32)C1. The van der Waals surface area contributed by atoms with E-state index in [4.69, 9.17) is 4.74 Å². The molecule has 1 heterocycles. The molecule has 0 aromatic carbocycles. The van der Waals surface area contributed by atoms with Crippen LogP contribution in [0.3, 0.4) is 0 Å². The number of likely N-dealkylation sites (tertiary alicyclic amines) is 1. The summed E-state index contributed by atoms with van der Waals surface area (Å²) in [5, 5.41) is 11.4. The molecule has 1 aliphatic heterocycles. The average Bonchev–Trinajstić information content (AvgIpc) is 2.98. The Kier molecular flexibility index (Phi) is 6.31. The normalized spacial score (nSPS) is 45.5. The number of aliphatic hydroxyl groups excluding tert-OH is 1. The number of carbonyl (C=O) groups excluding carboxylic acids is 1. The van der Waals surface area contributed by atoms with Gasteiger partial charge in [-0.25, -0.2) is 0 Å². The molecular weight excluding hydrogens is 386 g/mol. The first-order valence-electron chi connectivity index (χ1n) is 13.0. The minimum absolute atomic E-state index is 0.0557. The first-order chi connectivity index (χ1) is 14.4. The molecule has 8 atom stereocenters. The second-order valence-corrected chi connectivity index (χ2v) is 13.1. The first-order valence-corrected chi connectivity index (χ1v) is 13.0.